The number of aromatic nitrogens is 2. The first-order chi connectivity index (χ1) is 14.4. The summed E-state index contributed by atoms with van der Waals surface area (Å²) in [7, 11) is 0. The maximum absolute atomic E-state index is 13.1. The zero-order chi connectivity index (χ0) is 20.9. The number of benzene rings is 1. The van der Waals surface area contributed by atoms with Crippen LogP contribution >= 0.6 is 23.5 Å². The minimum Gasteiger partial charge on any atom is -0.480 e. The summed E-state index contributed by atoms with van der Waals surface area (Å²) >= 11 is 2.60. The Morgan fingerprint density at radius 1 is 1.23 bits per heavy atom. The van der Waals surface area contributed by atoms with Gasteiger partial charge in [-0.15, -0.1) is 0 Å². The van der Waals surface area contributed by atoms with Crippen LogP contribution in [0.5, 0.6) is 5.75 Å². The largest absolute Gasteiger partial charge is 0.480 e. The van der Waals surface area contributed by atoms with E-state index in [1.165, 1.54) is 23.9 Å². The lowest BCUT2D eigenvalue weighted by Crippen LogP contribution is -2.51. The Bertz CT molecular complexity index is 969. The summed E-state index contributed by atoms with van der Waals surface area (Å²) in [6.45, 7) is 3.13. The van der Waals surface area contributed by atoms with Crippen molar-refractivity contribution in [3.8, 4) is 5.75 Å². The molecule has 8 nitrogen and oxygen atoms in total. The minimum atomic E-state index is -1.27. The van der Waals surface area contributed by atoms with Crippen LogP contribution < -0.4 is 4.74 Å². The van der Waals surface area contributed by atoms with Gasteiger partial charge in [-0.3, -0.25) is 0 Å². The molecule has 3 aliphatic heterocycles. The molecule has 1 spiro atoms. The van der Waals surface area contributed by atoms with E-state index in [1.807, 2.05) is 11.8 Å². The summed E-state index contributed by atoms with van der Waals surface area (Å²) in [5, 5.41) is 0.794. The van der Waals surface area contributed by atoms with E-state index in [0.717, 1.165) is 28.9 Å². The van der Waals surface area contributed by atoms with E-state index in [0.29, 0.717) is 31.2 Å². The monoisotopic (exact) mass is 451 g/mol. The molecular weight excluding hydrogens is 433 g/mol. The topological polar surface area (TPSA) is 90.9 Å². The summed E-state index contributed by atoms with van der Waals surface area (Å²) in [6, 6.07) is 5.88. The quantitative estimate of drug-likeness (QED) is 0.294. The highest BCUT2D eigenvalue weighted by Gasteiger charge is 2.59. The number of hydrogen-bond acceptors (Lipinski definition) is 10. The molecule has 3 saturated heterocycles. The van der Waals surface area contributed by atoms with E-state index in [4.69, 9.17) is 14.2 Å². The molecule has 4 heterocycles. The molecule has 3 fully saturated rings. The fraction of sp³-hybridized carbons (Fsp3) is 0.474. The second kappa shape index (κ2) is 7.47. The van der Waals surface area contributed by atoms with Gasteiger partial charge in [0.1, 0.15) is 22.0 Å². The fourth-order valence-electron chi connectivity index (χ4n) is 4.28. The molecule has 2 bridgehead atoms. The third-order valence-electron chi connectivity index (χ3n) is 5.65. The molecule has 4 unspecified atom stereocenters. The van der Waals surface area contributed by atoms with Crippen LogP contribution in [-0.4, -0.2) is 50.0 Å². The summed E-state index contributed by atoms with van der Waals surface area (Å²) in [5.41, 5.74) is 0.641. The molecule has 1 aromatic carbocycles. The molecule has 11 heteroatoms. The van der Waals surface area contributed by atoms with Gasteiger partial charge in [-0.05, 0) is 43.5 Å². The number of rotatable bonds is 5. The zero-order valence-electron chi connectivity index (χ0n) is 15.9. The number of carbonyl (C=O) groups excluding carboxylic acids is 2. The summed E-state index contributed by atoms with van der Waals surface area (Å²) in [6.07, 6.45) is 1.21. The molecule has 0 amide bonds. The number of piperidine rings is 1. The van der Waals surface area contributed by atoms with Crippen molar-refractivity contribution in [3.05, 3.63) is 35.8 Å². The van der Waals surface area contributed by atoms with Crippen LogP contribution in [0.25, 0.3) is 0 Å². The Morgan fingerprint density at radius 2 is 1.97 bits per heavy atom. The molecule has 0 N–H and O–H groups in total. The normalized spacial score (nSPS) is 27.7. The van der Waals surface area contributed by atoms with E-state index in [9.17, 15) is 14.0 Å². The van der Waals surface area contributed by atoms with Crippen LogP contribution in [-0.2, 0) is 19.1 Å². The van der Waals surface area contributed by atoms with Gasteiger partial charge in [-0.1, -0.05) is 11.8 Å². The molecular formula is C19H18FN3O5S2. The predicted molar refractivity (Wildman–Crippen MR) is 104 cm³/mol. The first kappa shape index (κ1) is 19.7. The Kier molecular flexibility index (Phi) is 4.91. The third-order valence-corrected chi connectivity index (χ3v) is 7.26. The second-order valence-electron chi connectivity index (χ2n) is 7.51. The zero-order valence-corrected chi connectivity index (χ0v) is 17.6. The van der Waals surface area contributed by atoms with Crippen molar-refractivity contribution in [2.24, 2.45) is 5.92 Å². The number of carbonyl (C=O) groups is 2. The van der Waals surface area contributed by atoms with Gasteiger partial charge in [-0.25, -0.2) is 18.9 Å². The van der Waals surface area contributed by atoms with Gasteiger partial charge in [0, 0.05) is 25.4 Å². The van der Waals surface area contributed by atoms with Crippen molar-refractivity contribution in [2.45, 2.75) is 42.1 Å². The molecule has 5 rings (SSSR count). The van der Waals surface area contributed by atoms with E-state index in [2.05, 4.69) is 8.75 Å². The Morgan fingerprint density at radius 3 is 2.70 bits per heavy atom. The lowest BCUT2D eigenvalue weighted by molar-refractivity contribution is -0.257. The summed E-state index contributed by atoms with van der Waals surface area (Å²) in [5.74, 6) is -2.46. The van der Waals surface area contributed by atoms with Crippen molar-refractivity contribution in [2.75, 3.05) is 13.1 Å². The number of fused-ring (bicyclic) bond motifs is 3. The van der Waals surface area contributed by atoms with E-state index in [1.54, 1.807) is 12.1 Å². The van der Waals surface area contributed by atoms with Gasteiger partial charge in [0.25, 0.3) is 0 Å². The predicted octanol–water partition coefficient (Wildman–Crippen LogP) is 2.76. The average molecular weight is 452 g/mol. The Hall–Kier alpha value is -2.24. The maximum atomic E-state index is 13.1. The lowest BCUT2D eigenvalue weighted by Gasteiger charge is -2.37. The van der Waals surface area contributed by atoms with Crippen molar-refractivity contribution in [3.63, 3.8) is 0 Å². The van der Waals surface area contributed by atoms with Gasteiger partial charge in [0.2, 0.25) is 0 Å². The summed E-state index contributed by atoms with van der Waals surface area (Å²) < 4.78 is 38.5. The number of ether oxygens (including phenoxy) is 3. The molecule has 1 aromatic heterocycles. The van der Waals surface area contributed by atoms with Crippen LogP contribution in [0.4, 0.5) is 4.39 Å². The minimum absolute atomic E-state index is 0.0988. The van der Waals surface area contributed by atoms with E-state index >= 15 is 0 Å². The highest BCUT2D eigenvalue weighted by Crippen LogP contribution is 2.49. The van der Waals surface area contributed by atoms with Crippen molar-refractivity contribution < 1.29 is 28.2 Å². The van der Waals surface area contributed by atoms with Crippen LogP contribution in [0.15, 0.2) is 29.3 Å². The first-order valence-electron chi connectivity index (χ1n) is 9.56. The maximum Gasteiger partial charge on any atom is 0.421 e. The number of esters is 2. The van der Waals surface area contributed by atoms with Gasteiger partial charge in [0.05, 0.1) is 17.4 Å². The Balaban J connectivity index is 1.29. The van der Waals surface area contributed by atoms with Crippen molar-refractivity contribution in [1.29, 1.82) is 0 Å². The molecule has 30 heavy (non-hydrogen) atoms. The molecule has 158 valence electrons. The number of halogens is 1. The lowest BCUT2D eigenvalue weighted by atomic mass is 9.88. The molecule has 0 saturated carbocycles. The van der Waals surface area contributed by atoms with Crippen molar-refractivity contribution >= 4 is 35.4 Å². The summed E-state index contributed by atoms with van der Waals surface area (Å²) in [4.78, 5) is 25.1. The van der Waals surface area contributed by atoms with E-state index in [-0.39, 0.29) is 17.2 Å². The SMILES string of the molecule is CC(Oc1ccc(F)cc1)Sc1nsnc1C1CN2CC1CCC21OC(=O)C(=O)O1. The number of nitrogens with zero attached hydrogens (tertiary/aromatic N) is 3. The first-order valence-corrected chi connectivity index (χ1v) is 11.2. The number of thioether (sulfide) groups is 1. The average Bonchev–Trinajstić information content (AvgIpc) is 3.38. The smallest absolute Gasteiger partial charge is 0.421 e. The molecule has 0 radical (unpaired) electrons. The van der Waals surface area contributed by atoms with Crippen LogP contribution in [0.1, 0.15) is 31.4 Å². The van der Waals surface area contributed by atoms with Gasteiger partial charge in [0.15, 0.2) is 0 Å². The standard InChI is InChI=1S/C19H18FN3O5S2/c1-10(26-13-4-2-12(20)3-5-13)29-16-15(21-30-22-16)14-9-23-8-11(14)6-7-19(23)27-17(24)18(25)28-19/h2-5,10-11,14H,6-9H2,1H3. The van der Waals surface area contributed by atoms with Crippen LogP contribution in [0, 0.1) is 11.7 Å². The van der Waals surface area contributed by atoms with Gasteiger partial charge >= 0.3 is 17.8 Å². The Labute approximate surface area is 180 Å². The number of hydrogen-bond donors (Lipinski definition) is 0. The van der Waals surface area contributed by atoms with Gasteiger partial charge in [-0.2, -0.15) is 8.75 Å². The fourth-order valence-corrected chi connectivity index (χ4v) is 5.92. The second-order valence-corrected chi connectivity index (χ2v) is 9.33. The molecule has 0 aliphatic carbocycles. The van der Waals surface area contributed by atoms with Crippen molar-refractivity contribution in [1.82, 2.24) is 13.6 Å². The third kappa shape index (κ3) is 3.44. The van der Waals surface area contributed by atoms with E-state index < -0.39 is 17.8 Å². The van der Waals surface area contributed by atoms with Gasteiger partial charge < -0.3 is 14.2 Å². The van der Waals surface area contributed by atoms with Crippen LogP contribution in [0.2, 0.25) is 0 Å². The molecule has 3 aliphatic rings. The highest BCUT2D eigenvalue weighted by molar-refractivity contribution is 7.99. The van der Waals surface area contributed by atoms with Crippen LogP contribution in [0.3, 0.4) is 0 Å². The highest BCUT2D eigenvalue weighted by atomic mass is 32.2. The molecule has 4 atom stereocenters. The molecule has 2 aromatic rings.